The second-order valence-corrected chi connectivity index (χ2v) is 14.6. The molecule has 5 aliphatic rings. The fourth-order valence-corrected chi connectivity index (χ4v) is 10.9. The van der Waals surface area contributed by atoms with Gasteiger partial charge in [0.1, 0.15) is 6.29 Å². The lowest BCUT2D eigenvalue weighted by atomic mass is 9.33. The highest BCUT2D eigenvalue weighted by Gasteiger charge is 2.72. The van der Waals surface area contributed by atoms with Gasteiger partial charge in [-0.25, -0.2) is 0 Å². The topological polar surface area (TPSA) is 115 Å². The van der Waals surface area contributed by atoms with Crippen molar-refractivity contribution in [3.8, 4) is 0 Å². The summed E-state index contributed by atoms with van der Waals surface area (Å²) in [6, 6.07) is 0. The summed E-state index contributed by atoms with van der Waals surface area (Å²) in [4.78, 5) is 25.2. The molecule has 0 saturated heterocycles. The third-order valence-electron chi connectivity index (χ3n) is 13.4. The van der Waals surface area contributed by atoms with Gasteiger partial charge < -0.3 is 25.2 Å². The molecule has 4 saturated carbocycles. The van der Waals surface area contributed by atoms with Crippen LogP contribution in [0.15, 0.2) is 11.6 Å². The predicted octanol–water partition coefficient (Wildman–Crippen LogP) is 4.35. The van der Waals surface area contributed by atoms with Crippen LogP contribution in [0, 0.1) is 50.7 Å². The fraction of sp³-hybridized carbons (Fsp3) is 0.867. The van der Waals surface area contributed by atoms with Gasteiger partial charge in [-0.1, -0.05) is 46.3 Å². The van der Waals surface area contributed by atoms with Crippen LogP contribution >= 0.6 is 0 Å². The lowest BCUT2D eigenvalue weighted by Gasteiger charge is -2.71. The quantitative estimate of drug-likeness (QED) is 0.330. The first-order chi connectivity index (χ1) is 16.6. The first kappa shape index (κ1) is 26.4. The van der Waals surface area contributed by atoms with E-state index in [0.29, 0.717) is 25.7 Å². The summed E-state index contributed by atoms with van der Waals surface area (Å²) >= 11 is 0. The van der Waals surface area contributed by atoms with Crippen LogP contribution in [0.4, 0.5) is 0 Å². The summed E-state index contributed by atoms with van der Waals surface area (Å²) in [5.41, 5.74) is -2.70. The van der Waals surface area contributed by atoms with Crippen molar-refractivity contribution in [3.63, 3.8) is 0 Å². The molecule has 0 aromatic heterocycles. The van der Waals surface area contributed by atoms with E-state index in [2.05, 4.69) is 26.8 Å². The zero-order chi connectivity index (χ0) is 26.7. The lowest BCUT2D eigenvalue weighted by molar-refractivity contribution is -0.234. The summed E-state index contributed by atoms with van der Waals surface area (Å²) in [7, 11) is 0. The highest BCUT2D eigenvalue weighted by atomic mass is 16.4. The van der Waals surface area contributed by atoms with Crippen molar-refractivity contribution in [3.05, 3.63) is 11.6 Å². The van der Waals surface area contributed by atoms with E-state index in [4.69, 9.17) is 0 Å². The number of rotatable bonds is 2. The molecule has 0 amide bonds. The molecular formula is C30H46O6. The van der Waals surface area contributed by atoms with Gasteiger partial charge in [0.2, 0.25) is 0 Å². The van der Waals surface area contributed by atoms with E-state index in [1.54, 1.807) is 0 Å². The average molecular weight is 503 g/mol. The maximum Gasteiger partial charge on any atom is 0.310 e. The molecule has 0 aromatic rings. The summed E-state index contributed by atoms with van der Waals surface area (Å²) in [5, 5.41) is 44.2. The summed E-state index contributed by atoms with van der Waals surface area (Å²) in [6.07, 6.45) is 6.60. The fourth-order valence-electron chi connectivity index (χ4n) is 10.9. The number of allylic oxidation sites excluding steroid dienone is 1. The van der Waals surface area contributed by atoms with E-state index < -0.39 is 40.5 Å². The highest BCUT2D eigenvalue weighted by molar-refractivity contribution is 5.77. The van der Waals surface area contributed by atoms with E-state index in [1.807, 2.05) is 20.8 Å². The van der Waals surface area contributed by atoms with Crippen molar-refractivity contribution >= 4 is 12.3 Å². The number of carbonyl (C=O) groups is 2. The van der Waals surface area contributed by atoms with E-state index in [1.165, 1.54) is 0 Å². The molecule has 3 unspecified atom stereocenters. The molecule has 0 aliphatic heterocycles. The summed E-state index contributed by atoms with van der Waals surface area (Å²) in [6.45, 7) is 12.6. The highest BCUT2D eigenvalue weighted by Crippen LogP contribution is 2.76. The van der Waals surface area contributed by atoms with Gasteiger partial charge >= 0.3 is 5.97 Å². The molecule has 4 fully saturated rings. The van der Waals surface area contributed by atoms with Gasteiger partial charge in [-0.3, -0.25) is 4.79 Å². The van der Waals surface area contributed by atoms with E-state index in [-0.39, 0.29) is 34.0 Å². The third-order valence-corrected chi connectivity index (χ3v) is 13.4. The van der Waals surface area contributed by atoms with E-state index >= 15 is 0 Å². The number of hydrogen-bond donors (Lipinski definition) is 4. The number of fused-ring (bicyclic) bond motifs is 7. The van der Waals surface area contributed by atoms with Gasteiger partial charge in [-0.15, -0.1) is 0 Å². The van der Waals surface area contributed by atoms with Gasteiger partial charge in [0, 0.05) is 5.92 Å². The second kappa shape index (κ2) is 7.66. The molecule has 4 N–H and O–H groups in total. The molecule has 0 spiro atoms. The normalized spacial score (nSPS) is 58.4. The zero-order valence-electron chi connectivity index (χ0n) is 22.9. The Morgan fingerprint density at radius 2 is 1.67 bits per heavy atom. The second-order valence-electron chi connectivity index (χ2n) is 14.6. The van der Waals surface area contributed by atoms with Crippen LogP contribution in [0.25, 0.3) is 0 Å². The van der Waals surface area contributed by atoms with Crippen LogP contribution in [0.2, 0.25) is 0 Å². The molecule has 5 rings (SSSR count). The lowest BCUT2D eigenvalue weighted by Crippen LogP contribution is -2.69. The maximum absolute atomic E-state index is 12.8. The molecule has 36 heavy (non-hydrogen) atoms. The maximum atomic E-state index is 12.8. The minimum absolute atomic E-state index is 0.0142. The minimum atomic E-state index is -1.10. The molecule has 202 valence electrons. The largest absolute Gasteiger partial charge is 0.481 e. The Morgan fingerprint density at radius 1 is 1.00 bits per heavy atom. The Bertz CT molecular complexity index is 1000. The Labute approximate surface area is 215 Å². The van der Waals surface area contributed by atoms with Crippen molar-refractivity contribution in [1.82, 2.24) is 0 Å². The Morgan fingerprint density at radius 3 is 2.28 bits per heavy atom. The van der Waals surface area contributed by atoms with Crippen LogP contribution in [0.1, 0.15) is 92.9 Å². The molecule has 0 aromatic carbocycles. The number of aliphatic hydroxyl groups is 3. The molecule has 6 heteroatoms. The van der Waals surface area contributed by atoms with E-state index in [9.17, 15) is 30.0 Å². The number of carbonyl (C=O) groups excluding carboxylic acids is 1. The van der Waals surface area contributed by atoms with Crippen LogP contribution < -0.4 is 0 Å². The minimum Gasteiger partial charge on any atom is -0.481 e. The van der Waals surface area contributed by atoms with Crippen molar-refractivity contribution < 1.29 is 30.0 Å². The first-order valence-electron chi connectivity index (χ1n) is 14.0. The molecule has 6 nitrogen and oxygen atoms in total. The van der Waals surface area contributed by atoms with Crippen LogP contribution in [-0.2, 0) is 9.59 Å². The summed E-state index contributed by atoms with van der Waals surface area (Å²) in [5.74, 6) is -1.04. The molecule has 0 bridgehead atoms. The summed E-state index contributed by atoms with van der Waals surface area (Å²) < 4.78 is 0. The number of carboxylic acids is 1. The molecule has 5 aliphatic carbocycles. The monoisotopic (exact) mass is 502 g/mol. The van der Waals surface area contributed by atoms with Gasteiger partial charge in [0.25, 0.3) is 0 Å². The number of hydrogen-bond acceptors (Lipinski definition) is 5. The van der Waals surface area contributed by atoms with Crippen molar-refractivity contribution in [2.24, 2.45) is 50.7 Å². The number of aliphatic carboxylic acids is 1. The van der Waals surface area contributed by atoms with Gasteiger partial charge in [-0.05, 0) is 92.3 Å². The average Bonchev–Trinajstić information content (AvgIpc) is 2.80. The molecule has 0 heterocycles. The third kappa shape index (κ3) is 2.85. The van der Waals surface area contributed by atoms with E-state index in [0.717, 1.165) is 37.5 Å². The standard InChI is InChI=1S/C30H46O6/c1-17-9-12-30(24(34)35)14-13-27(4)18(22(30)29(17,6)36)7-8-21-25(2)15-19(32)23(33)26(3,16-31)20(25)10-11-28(21,27)5/h7,16-17,19-23,32-33,36H,8-15H2,1-6H3,(H,34,35)/t17-,19-,20?,21?,22?,23+,25+,26+,27-,28-,29-,30+/m1/s1. The zero-order valence-corrected chi connectivity index (χ0v) is 22.9. The smallest absolute Gasteiger partial charge is 0.310 e. The Hall–Kier alpha value is -1.24. The first-order valence-corrected chi connectivity index (χ1v) is 14.0. The Kier molecular flexibility index (Phi) is 5.61. The SMILES string of the molecule is C[C@@H]1CC[C@]2(C(=O)O)CC[C@]3(C)C(=CCC4[C@@]5(C)C[C@@H](O)[C@H](O)[C@@](C)(C=O)C5CC[C@]43C)C2[C@]1(C)O. The number of aliphatic hydroxyl groups excluding tert-OH is 2. The van der Waals surface area contributed by atoms with Crippen LogP contribution in [-0.4, -0.2) is 50.5 Å². The number of aldehydes is 1. The van der Waals surface area contributed by atoms with Crippen molar-refractivity contribution in [1.29, 1.82) is 0 Å². The van der Waals surface area contributed by atoms with Gasteiger partial charge in [-0.2, -0.15) is 0 Å². The van der Waals surface area contributed by atoms with Crippen molar-refractivity contribution in [2.45, 2.75) is 111 Å². The Balaban J connectivity index is 1.65. The van der Waals surface area contributed by atoms with Crippen LogP contribution in [0.3, 0.4) is 0 Å². The van der Waals surface area contributed by atoms with Gasteiger partial charge in [0.15, 0.2) is 0 Å². The molecule has 12 atom stereocenters. The molecular weight excluding hydrogens is 456 g/mol. The van der Waals surface area contributed by atoms with Crippen LogP contribution in [0.5, 0.6) is 0 Å². The predicted molar refractivity (Wildman–Crippen MR) is 136 cm³/mol. The van der Waals surface area contributed by atoms with Crippen molar-refractivity contribution in [2.75, 3.05) is 0 Å². The van der Waals surface area contributed by atoms with Gasteiger partial charge in [0.05, 0.1) is 28.6 Å². The number of carboxylic acid groups (broad SMARTS) is 1. The molecule has 0 radical (unpaired) electrons.